The fraction of sp³-hybridized carbons (Fsp3) is 0.571. The molecule has 0 aromatic carbocycles. The number of rotatable bonds is 5. The molecule has 1 aliphatic heterocycles. The molecular weight excluding hydrogens is 338 g/mol. The molecule has 1 aliphatic rings. The number of morpholine rings is 1. The summed E-state index contributed by atoms with van der Waals surface area (Å²) in [6.45, 7) is 4.04. The molecule has 2 unspecified atom stereocenters. The molecule has 1 saturated heterocycles. The van der Waals surface area contributed by atoms with Crippen LogP contribution >= 0.6 is 11.3 Å². The summed E-state index contributed by atoms with van der Waals surface area (Å²) in [5.41, 5.74) is 1.18. The van der Waals surface area contributed by atoms with Gasteiger partial charge in [0.2, 0.25) is 5.89 Å². The first kappa shape index (κ1) is 16.6. The van der Waals surface area contributed by atoms with E-state index in [9.17, 15) is 8.42 Å². The minimum atomic E-state index is -3.16. The van der Waals surface area contributed by atoms with Crippen LogP contribution < -0.4 is 0 Å². The van der Waals surface area contributed by atoms with Gasteiger partial charge >= 0.3 is 0 Å². The highest BCUT2D eigenvalue weighted by atomic mass is 32.2. The van der Waals surface area contributed by atoms with Gasteiger partial charge < -0.3 is 9.26 Å². The van der Waals surface area contributed by atoms with Crippen LogP contribution in [0.1, 0.15) is 30.3 Å². The lowest BCUT2D eigenvalue weighted by Crippen LogP contribution is -2.42. The molecule has 0 amide bonds. The SMILES string of the molecule is CC1CN(Cc2nc(CS(C)(=O)=O)no2)CC(c2ccsc2)O1. The fourth-order valence-corrected chi connectivity index (χ4v) is 3.94. The number of nitrogens with zero attached hydrogens (tertiary/aromatic N) is 3. The predicted octanol–water partition coefficient (Wildman–Crippen LogP) is 1.64. The maximum absolute atomic E-state index is 11.3. The van der Waals surface area contributed by atoms with Crippen LogP contribution in [0.25, 0.3) is 0 Å². The third-order valence-corrected chi connectivity index (χ3v) is 5.00. The van der Waals surface area contributed by atoms with E-state index < -0.39 is 9.84 Å². The Balaban J connectivity index is 1.65. The number of thiophene rings is 1. The lowest BCUT2D eigenvalue weighted by atomic mass is 10.1. The van der Waals surface area contributed by atoms with Gasteiger partial charge in [-0.3, -0.25) is 4.90 Å². The second-order valence-electron chi connectivity index (χ2n) is 5.86. The first-order valence-corrected chi connectivity index (χ1v) is 10.3. The average Bonchev–Trinajstić information content (AvgIpc) is 3.08. The Hall–Kier alpha value is -1.29. The van der Waals surface area contributed by atoms with Gasteiger partial charge in [0.15, 0.2) is 15.7 Å². The number of hydrogen-bond donors (Lipinski definition) is 0. The van der Waals surface area contributed by atoms with Gasteiger partial charge in [-0.05, 0) is 29.3 Å². The Morgan fingerprint density at radius 2 is 2.26 bits per heavy atom. The molecule has 23 heavy (non-hydrogen) atoms. The van der Waals surface area contributed by atoms with E-state index in [1.165, 1.54) is 5.56 Å². The molecule has 2 aromatic heterocycles. The number of hydrogen-bond acceptors (Lipinski definition) is 8. The third-order valence-electron chi connectivity index (χ3n) is 3.51. The molecule has 0 radical (unpaired) electrons. The molecule has 0 spiro atoms. The molecule has 1 fully saturated rings. The van der Waals surface area contributed by atoms with Crippen LogP contribution in [0.15, 0.2) is 21.3 Å². The maximum Gasteiger partial charge on any atom is 0.240 e. The Bertz CT molecular complexity index is 742. The van der Waals surface area contributed by atoms with E-state index in [0.29, 0.717) is 12.4 Å². The quantitative estimate of drug-likeness (QED) is 0.804. The Kier molecular flexibility index (Phi) is 4.81. The molecule has 9 heteroatoms. The number of sulfone groups is 1. The molecule has 0 aliphatic carbocycles. The van der Waals surface area contributed by atoms with Crippen molar-refractivity contribution in [2.24, 2.45) is 0 Å². The molecule has 2 atom stereocenters. The Labute approximate surface area is 139 Å². The summed E-state index contributed by atoms with van der Waals surface area (Å²) in [4.78, 5) is 6.35. The fourth-order valence-electron chi connectivity index (χ4n) is 2.65. The van der Waals surface area contributed by atoms with Gasteiger partial charge in [-0.1, -0.05) is 5.16 Å². The van der Waals surface area contributed by atoms with E-state index in [1.54, 1.807) is 11.3 Å². The lowest BCUT2D eigenvalue weighted by Gasteiger charge is -2.35. The van der Waals surface area contributed by atoms with Crippen LogP contribution in [-0.2, 0) is 26.9 Å². The first-order chi connectivity index (χ1) is 10.9. The highest BCUT2D eigenvalue weighted by Crippen LogP contribution is 2.27. The van der Waals surface area contributed by atoms with Crippen LogP contribution in [-0.4, -0.2) is 48.9 Å². The molecule has 7 nitrogen and oxygen atoms in total. The Morgan fingerprint density at radius 3 is 2.96 bits per heavy atom. The summed E-state index contributed by atoms with van der Waals surface area (Å²) in [6.07, 6.45) is 1.29. The third kappa shape index (κ3) is 4.60. The van der Waals surface area contributed by atoms with Crippen LogP contribution in [0.3, 0.4) is 0 Å². The smallest absolute Gasteiger partial charge is 0.240 e. The van der Waals surface area contributed by atoms with Crippen LogP contribution in [0.5, 0.6) is 0 Å². The molecule has 0 saturated carbocycles. The molecule has 0 N–H and O–H groups in total. The van der Waals surface area contributed by atoms with E-state index in [1.807, 2.05) is 12.3 Å². The van der Waals surface area contributed by atoms with Crippen molar-refractivity contribution < 1.29 is 17.7 Å². The van der Waals surface area contributed by atoms with Crippen molar-refractivity contribution in [3.05, 3.63) is 34.1 Å². The van der Waals surface area contributed by atoms with E-state index in [4.69, 9.17) is 9.26 Å². The highest BCUT2D eigenvalue weighted by molar-refractivity contribution is 7.89. The van der Waals surface area contributed by atoms with Crippen LogP contribution in [0.4, 0.5) is 0 Å². The molecule has 0 bridgehead atoms. The zero-order valence-corrected chi connectivity index (χ0v) is 14.6. The van der Waals surface area contributed by atoms with Gasteiger partial charge in [-0.2, -0.15) is 16.3 Å². The van der Waals surface area contributed by atoms with Crippen molar-refractivity contribution in [3.8, 4) is 0 Å². The minimum absolute atomic E-state index is 0.0309. The van der Waals surface area contributed by atoms with Gasteiger partial charge in [-0.15, -0.1) is 0 Å². The first-order valence-electron chi connectivity index (χ1n) is 7.28. The molecule has 3 heterocycles. The average molecular weight is 357 g/mol. The monoisotopic (exact) mass is 357 g/mol. The number of aromatic nitrogens is 2. The zero-order valence-electron chi connectivity index (χ0n) is 13.0. The van der Waals surface area contributed by atoms with Gasteiger partial charge in [0.25, 0.3) is 0 Å². The summed E-state index contributed by atoms with van der Waals surface area (Å²) >= 11 is 1.65. The van der Waals surface area contributed by atoms with E-state index in [0.717, 1.165) is 19.3 Å². The summed E-state index contributed by atoms with van der Waals surface area (Å²) < 4.78 is 33.7. The second-order valence-corrected chi connectivity index (χ2v) is 8.78. The lowest BCUT2D eigenvalue weighted by molar-refractivity contribution is -0.0831. The van der Waals surface area contributed by atoms with Gasteiger partial charge in [0, 0.05) is 19.3 Å². The van der Waals surface area contributed by atoms with Crippen molar-refractivity contribution in [2.45, 2.75) is 31.4 Å². The standard InChI is InChI=1S/C14H19N3O4S2/c1-10-5-17(6-12(20-10)11-3-4-22-8-11)7-14-15-13(16-21-14)9-23(2,18)19/h3-4,8,10,12H,5-7,9H2,1-2H3. The minimum Gasteiger partial charge on any atom is -0.368 e. The summed E-state index contributed by atoms with van der Waals surface area (Å²) in [6, 6.07) is 2.07. The highest BCUT2D eigenvalue weighted by Gasteiger charge is 2.28. The molecule has 2 aromatic rings. The van der Waals surface area contributed by atoms with Crippen molar-refractivity contribution in [2.75, 3.05) is 19.3 Å². The van der Waals surface area contributed by atoms with Crippen molar-refractivity contribution in [1.29, 1.82) is 0 Å². The zero-order chi connectivity index (χ0) is 16.4. The van der Waals surface area contributed by atoms with Gasteiger partial charge in [0.05, 0.1) is 18.8 Å². The van der Waals surface area contributed by atoms with Crippen molar-refractivity contribution in [3.63, 3.8) is 0 Å². The second kappa shape index (κ2) is 6.68. The molecule has 3 rings (SSSR count). The van der Waals surface area contributed by atoms with Crippen molar-refractivity contribution in [1.82, 2.24) is 15.0 Å². The van der Waals surface area contributed by atoms with Crippen LogP contribution in [0.2, 0.25) is 0 Å². The van der Waals surface area contributed by atoms with Gasteiger partial charge in [0.1, 0.15) is 5.75 Å². The largest absolute Gasteiger partial charge is 0.368 e. The Morgan fingerprint density at radius 1 is 1.43 bits per heavy atom. The van der Waals surface area contributed by atoms with E-state index >= 15 is 0 Å². The molecule has 126 valence electrons. The van der Waals surface area contributed by atoms with Crippen LogP contribution in [0, 0.1) is 0 Å². The van der Waals surface area contributed by atoms with E-state index in [-0.39, 0.29) is 23.8 Å². The summed E-state index contributed by atoms with van der Waals surface area (Å²) in [7, 11) is -3.16. The summed E-state index contributed by atoms with van der Waals surface area (Å²) in [5, 5.41) is 7.87. The number of ether oxygens (including phenoxy) is 1. The predicted molar refractivity (Wildman–Crippen MR) is 85.7 cm³/mol. The normalized spacial score (nSPS) is 23.2. The van der Waals surface area contributed by atoms with Crippen molar-refractivity contribution >= 4 is 21.2 Å². The molecular formula is C14H19N3O4S2. The summed E-state index contributed by atoms with van der Waals surface area (Å²) in [5.74, 6) is 0.438. The van der Waals surface area contributed by atoms with E-state index in [2.05, 4.69) is 26.5 Å². The van der Waals surface area contributed by atoms with Gasteiger partial charge in [-0.25, -0.2) is 8.42 Å². The topological polar surface area (TPSA) is 85.5 Å². The maximum atomic E-state index is 11.3.